The molecule has 0 spiro atoms. The SMILES string of the molecule is C[C@@H](NC(=O)c1c2c(nc3ccccc13)C(=O)N(C1CCCCC1)C2)c1ccccc1. The van der Waals surface area contributed by atoms with Crippen LogP contribution in [0.2, 0.25) is 0 Å². The van der Waals surface area contributed by atoms with Gasteiger partial charge in [0, 0.05) is 23.5 Å². The van der Waals surface area contributed by atoms with Gasteiger partial charge >= 0.3 is 0 Å². The summed E-state index contributed by atoms with van der Waals surface area (Å²) in [6, 6.07) is 17.7. The van der Waals surface area contributed by atoms with Crippen molar-refractivity contribution in [3.8, 4) is 0 Å². The van der Waals surface area contributed by atoms with E-state index in [4.69, 9.17) is 4.98 Å². The molecule has 5 heteroatoms. The summed E-state index contributed by atoms with van der Waals surface area (Å²) in [5.74, 6) is -0.178. The van der Waals surface area contributed by atoms with Gasteiger partial charge in [0.2, 0.25) is 0 Å². The third kappa shape index (κ3) is 3.58. The quantitative estimate of drug-likeness (QED) is 0.654. The first-order chi connectivity index (χ1) is 15.1. The van der Waals surface area contributed by atoms with Crippen molar-refractivity contribution < 1.29 is 9.59 Å². The van der Waals surface area contributed by atoms with Crippen LogP contribution in [0.3, 0.4) is 0 Å². The standard InChI is InChI=1S/C26H27N3O2/c1-17(18-10-4-2-5-11-18)27-25(30)23-20-14-8-9-15-22(20)28-24-21(23)16-29(26(24)31)19-12-6-3-7-13-19/h2,4-5,8-11,14-15,17,19H,3,6-7,12-13,16H2,1H3,(H,27,30)/t17-/m1/s1. The molecule has 3 aromatic rings. The van der Waals surface area contributed by atoms with Crippen LogP contribution in [-0.4, -0.2) is 27.7 Å². The molecule has 158 valence electrons. The first-order valence-corrected chi connectivity index (χ1v) is 11.2. The van der Waals surface area contributed by atoms with Gasteiger partial charge < -0.3 is 10.2 Å². The minimum atomic E-state index is -0.149. The second-order valence-corrected chi connectivity index (χ2v) is 8.66. The number of fused-ring (bicyclic) bond motifs is 2. The normalized spacial score (nSPS) is 17.6. The Morgan fingerprint density at radius 2 is 1.74 bits per heavy atom. The number of carbonyl (C=O) groups is 2. The third-order valence-corrected chi connectivity index (χ3v) is 6.67. The number of amides is 2. The topological polar surface area (TPSA) is 62.3 Å². The van der Waals surface area contributed by atoms with Gasteiger partial charge in [-0.3, -0.25) is 9.59 Å². The van der Waals surface area contributed by atoms with Crippen molar-refractivity contribution in [2.45, 2.75) is 57.7 Å². The Morgan fingerprint density at radius 1 is 1.03 bits per heavy atom. The number of pyridine rings is 1. The lowest BCUT2D eigenvalue weighted by atomic mass is 9.94. The molecule has 2 amide bonds. The van der Waals surface area contributed by atoms with Gasteiger partial charge in [-0.25, -0.2) is 4.98 Å². The molecule has 5 nitrogen and oxygen atoms in total. The molecule has 1 N–H and O–H groups in total. The molecule has 2 aliphatic rings. The molecule has 0 unspecified atom stereocenters. The highest BCUT2D eigenvalue weighted by molar-refractivity contribution is 6.12. The van der Waals surface area contributed by atoms with E-state index in [9.17, 15) is 9.59 Å². The molecule has 1 aliphatic heterocycles. The lowest BCUT2D eigenvalue weighted by molar-refractivity contribution is 0.0655. The summed E-state index contributed by atoms with van der Waals surface area (Å²) in [6.45, 7) is 2.45. The van der Waals surface area contributed by atoms with E-state index in [1.54, 1.807) is 0 Å². The zero-order valence-corrected chi connectivity index (χ0v) is 17.8. The molecule has 5 rings (SSSR count). The summed E-state index contributed by atoms with van der Waals surface area (Å²) in [7, 11) is 0. The molecule has 1 aliphatic carbocycles. The van der Waals surface area contributed by atoms with E-state index in [0.29, 0.717) is 23.3 Å². The molecule has 1 saturated carbocycles. The van der Waals surface area contributed by atoms with Crippen LogP contribution in [0.4, 0.5) is 0 Å². The highest BCUT2D eigenvalue weighted by Crippen LogP contribution is 2.34. The van der Waals surface area contributed by atoms with Gasteiger partial charge in [-0.15, -0.1) is 0 Å². The van der Waals surface area contributed by atoms with E-state index in [1.165, 1.54) is 6.42 Å². The molecule has 0 radical (unpaired) electrons. The summed E-state index contributed by atoms with van der Waals surface area (Å²) in [6.07, 6.45) is 5.61. The van der Waals surface area contributed by atoms with Crippen molar-refractivity contribution in [3.63, 3.8) is 0 Å². The zero-order valence-electron chi connectivity index (χ0n) is 17.8. The van der Waals surface area contributed by atoms with Crippen molar-refractivity contribution in [1.82, 2.24) is 15.2 Å². The maximum Gasteiger partial charge on any atom is 0.273 e. The van der Waals surface area contributed by atoms with Gasteiger partial charge in [0.15, 0.2) is 0 Å². The van der Waals surface area contributed by atoms with Gasteiger partial charge in [-0.2, -0.15) is 0 Å². The Labute approximate surface area is 182 Å². The third-order valence-electron chi connectivity index (χ3n) is 6.67. The Hall–Kier alpha value is -3.21. The van der Waals surface area contributed by atoms with Crippen LogP contribution in [0.1, 0.15) is 77.0 Å². The van der Waals surface area contributed by atoms with E-state index in [0.717, 1.165) is 42.2 Å². The summed E-state index contributed by atoms with van der Waals surface area (Å²) >= 11 is 0. The smallest absolute Gasteiger partial charge is 0.273 e. The lowest BCUT2D eigenvalue weighted by Gasteiger charge is -2.30. The molecule has 2 aromatic carbocycles. The summed E-state index contributed by atoms with van der Waals surface area (Å²) < 4.78 is 0. The second kappa shape index (κ2) is 8.14. The van der Waals surface area contributed by atoms with Crippen LogP contribution < -0.4 is 5.32 Å². The van der Waals surface area contributed by atoms with E-state index in [-0.39, 0.29) is 23.9 Å². The molecule has 1 fully saturated rings. The Morgan fingerprint density at radius 3 is 2.52 bits per heavy atom. The molecular weight excluding hydrogens is 386 g/mol. The fraction of sp³-hybridized carbons (Fsp3) is 0.346. The minimum absolute atomic E-state index is 0.0298. The molecule has 31 heavy (non-hydrogen) atoms. The molecule has 1 atom stereocenters. The van der Waals surface area contributed by atoms with Crippen LogP contribution in [-0.2, 0) is 6.54 Å². The van der Waals surface area contributed by atoms with E-state index in [2.05, 4.69) is 5.32 Å². The maximum absolute atomic E-state index is 13.5. The highest BCUT2D eigenvalue weighted by atomic mass is 16.2. The molecule has 0 bridgehead atoms. The van der Waals surface area contributed by atoms with Crippen molar-refractivity contribution in [2.75, 3.05) is 0 Å². The van der Waals surface area contributed by atoms with E-state index >= 15 is 0 Å². The maximum atomic E-state index is 13.5. The number of aromatic nitrogens is 1. The lowest BCUT2D eigenvalue weighted by Crippen LogP contribution is -2.37. The average molecular weight is 414 g/mol. The fourth-order valence-electron chi connectivity index (χ4n) is 5.00. The molecule has 1 aromatic heterocycles. The fourth-order valence-corrected chi connectivity index (χ4v) is 5.00. The number of carbonyl (C=O) groups excluding carboxylic acids is 2. The summed E-state index contributed by atoms with van der Waals surface area (Å²) in [5.41, 5.74) is 3.55. The van der Waals surface area contributed by atoms with Crippen LogP contribution in [0.5, 0.6) is 0 Å². The average Bonchev–Trinajstić information content (AvgIpc) is 3.14. The first-order valence-electron chi connectivity index (χ1n) is 11.2. The van der Waals surface area contributed by atoms with E-state index in [1.807, 2.05) is 66.4 Å². The number of nitrogens with zero attached hydrogens (tertiary/aromatic N) is 2. The van der Waals surface area contributed by atoms with Crippen molar-refractivity contribution >= 4 is 22.7 Å². The number of hydrogen-bond donors (Lipinski definition) is 1. The molecule has 0 saturated heterocycles. The van der Waals surface area contributed by atoms with Crippen molar-refractivity contribution in [2.24, 2.45) is 0 Å². The van der Waals surface area contributed by atoms with Crippen molar-refractivity contribution in [3.05, 3.63) is 77.0 Å². The van der Waals surface area contributed by atoms with Gasteiger partial charge in [0.1, 0.15) is 5.69 Å². The van der Waals surface area contributed by atoms with Crippen LogP contribution in [0.25, 0.3) is 10.9 Å². The van der Waals surface area contributed by atoms with Gasteiger partial charge in [0.05, 0.1) is 17.1 Å². The Balaban J connectivity index is 1.54. The van der Waals surface area contributed by atoms with Crippen LogP contribution in [0.15, 0.2) is 54.6 Å². The Bertz CT molecular complexity index is 1140. The number of rotatable bonds is 4. The predicted octanol–water partition coefficient (Wildman–Crippen LogP) is 5.01. The first kappa shape index (κ1) is 19.7. The van der Waals surface area contributed by atoms with Gasteiger partial charge in [-0.1, -0.05) is 67.8 Å². The van der Waals surface area contributed by atoms with Gasteiger partial charge in [0.25, 0.3) is 11.8 Å². The monoisotopic (exact) mass is 413 g/mol. The molecule has 2 heterocycles. The highest BCUT2D eigenvalue weighted by Gasteiger charge is 2.38. The van der Waals surface area contributed by atoms with Crippen molar-refractivity contribution in [1.29, 1.82) is 0 Å². The number of benzene rings is 2. The second-order valence-electron chi connectivity index (χ2n) is 8.66. The Kier molecular flexibility index (Phi) is 5.18. The number of nitrogens with one attached hydrogen (secondary N) is 1. The number of hydrogen-bond acceptors (Lipinski definition) is 3. The number of para-hydroxylation sites is 1. The largest absolute Gasteiger partial charge is 0.345 e. The summed E-state index contributed by atoms with van der Waals surface area (Å²) in [5, 5.41) is 3.95. The minimum Gasteiger partial charge on any atom is -0.345 e. The zero-order chi connectivity index (χ0) is 21.4. The van der Waals surface area contributed by atoms with Crippen LogP contribution >= 0.6 is 0 Å². The van der Waals surface area contributed by atoms with Crippen LogP contribution in [0, 0.1) is 0 Å². The molecular formula is C26H27N3O2. The van der Waals surface area contributed by atoms with E-state index < -0.39 is 0 Å². The summed E-state index contributed by atoms with van der Waals surface area (Å²) in [4.78, 5) is 33.5. The predicted molar refractivity (Wildman–Crippen MR) is 121 cm³/mol. The van der Waals surface area contributed by atoms with Gasteiger partial charge in [-0.05, 0) is 31.4 Å².